The Morgan fingerprint density at radius 3 is 2.60 bits per heavy atom. The van der Waals surface area contributed by atoms with Gasteiger partial charge in [-0.2, -0.15) is 11.8 Å². The Bertz CT molecular complexity index is 203. The predicted molar refractivity (Wildman–Crippen MR) is 60.1 cm³/mol. The molecule has 0 bridgehead atoms. The number of carboxylic acids is 1. The second-order valence-corrected chi connectivity index (χ2v) is 4.55. The normalized spacial score (nSPS) is 17.1. The summed E-state index contributed by atoms with van der Waals surface area (Å²) in [6.45, 7) is 3.73. The van der Waals surface area contributed by atoms with Crippen LogP contribution in [0, 0.1) is 0 Å². The summed E-state index contributed by atoms with van der Waals surface area (Å²) < 4.78 is 0. The Labute approximate surface area is 93.9 Å². The Morgan fingerprint density at radius 1 is 1.60 bits per heavy atom. The highest BCUT2D eigenvalue weighted by molar-refractivity contribution is 7.99. The molecule has 6 heteroatoms. The van der Waals surface area contributed by atoms with E-state index in [1.54, 1.807) is 6.92 Å². The van der Waals surface area contributed by atoms with Crippen LogP contribution in [0.15, 0.2) is 0 Å². The lowest BCUT2D eigenvalue weighted by atomic mass is 10.1. The highest BCUT2D eigenvalue weighted by Gasteiger charge is 2.31. The highest BCUT2D eigenvalue weighted by atomic mass is 32.2. The van der Waals surface area contributed by atoms with Crippen LogP contribution in [0.5, 0.6) is 0 Å². The van der Waals surface area contributed by atoms with Gasteiger partial charge in [-0.15, -0.1) is 0 Å². The molecule has 0 heterocycles. The Balaban J connectivity index is 4.02. The van der Waals surface area contributed by atoms with E-state index in [0.717, 1.165) is 0 Å². The topological polar surface area (TPSA) is 89.8 Å². The van der Waals surface area contributed by atoms with Crippen LogP contribution in [0.4, 0.5) is 0 Å². The van der Waals surface area contributed by atoms with Gasteiger partial charge in [0.25, 0.3) is 0 Å². The molecule has 0 amide bonds. The van der Waals surface area contributed by atoms with E-state index < -0.39 is 17.6 Å². The molecule has 0 aromatic rings. The lowest BCUT2D eigenvalue weighted by Gasteiger charge is -2.25. The lowest BCUT2D eigenvalue weighted by Crippen LogP contribution is -2.51. The van der Waals surface area contributed by atoms with Gasteiger partial charge in [0.15, 0.2) is 0 Å². The van der Waals surface area contributed by atoms with Crippen molar-refractivity contribution in [2.24, 2.45) is 0 Å². The minimum Gasteiger partial charge on any atom is -0.480 e. The van der Waals surface area contributed by atoms with Crippen LogP contribution in [-0.2, 0) is 4.79 Å². The molecule has 4 N–H and O–H groups in total. The zero-order valence-corrected chi connectivity index (χ0v) is 9.88. The van der Waals surface area contributed by atoms with Crippen molar-refractivity contribution in [3.05, 3.63) is 0 Å². The second-order valence-electron chi connectivity index (χ2n) is 3.52. The standard InChI is InChI=1S/C9H19NO4S/c1-3-10-9(2,8(13)14)6-15-5-7(12)4-11/h7,10-12H,3-6H2,1-2H3,(H,13,14). The third-order valence-corrected chi connectivity index (χ3v) is 3.35. The van der Waals surface area contributed by atoms with Crippen molar-refractivity contribution in [2.75, 3.05) is 24.7 Å². The number of thioether (sulfide) groups is 1. The summed E-state index contributed by atoms with van der Waals surface area (Å²) in [6.07, 6.45) is -0.783. The summed E-state index contributed by atoms with van der Waals surface area (Å²) in [5, 5.41) is 29.6. The van der Waals surface area contributed by atoms with Crippen molar-refractivity contribution < 1.29 is 20.1 Å². The van der Waals surface area contributed by atoms with E-state index in [1.165, 1.54) is 11.8 Å². The molecule has 0 aliphatic carbocycles. The van der Waals surface area contributed by atoms with E-state index >= 15 is 0 Å². The molecule has 90 valence electrons. The molecular weight excluding hydrogens is 218 g/mol. The van der Waals surface area contributed by atoms with Gasteiger partial charge in [0.2, 0.25) is 0 Å². The van der Waals surface area contributed by atoms with Gasteiger partial charge in [0, 0.05) is 11.5 Å². The van der Waals surface area contributed by atoms with Gasteiger partial charge < -0.3 is 20.6 Å². The van der Waals surface area contributed by atoms with E-state index in [4.69, 9.17) is 15.3 Å². The number of rotatable bonds is 8. The van der Waals surface area contributed by atoms with Crippen molar-refractivity contribution in [1.29, 1.82) is 0 Å². The maximum Gasteiger partial charge on any atom is 0.324 e. The summed E-state index contributed by atoms with van der Waals surface area (Å²) in [7, 11) is 0. The monoisotopic (exact) mass is 237 g/mol. The Hall–Kier alpha value is -0.300. The summed E-state index contributed by atoms with van der Waals surface area (Å²) in [6, 6.07) is 0. The van der Waals surface area contributed by atoms with Crippen LogP contribution < -0.4 is 5.32 Å². The molecule has 0 aromatic carbocycles. The van der Waals surface area contributed by atoms with Crippen LogP contribution in [0.25, 0.3) is 0 Å². The highest BCUT2D eigenvalue weighted by Crippen LogP contribution is 2.14. The third-order valence-electron chi connectivity index (χ3n) is 1.95. The first-order chi connectivity index (χ1) is 6.96. The van der Waals surface area contributed by atoms with Gasteiger partial charge in [-0.1, -0.05) is 6.92 Å². The van der Waals surface area contributed by atoms with Gasteiger partial charge in [-0.3, -0.25) is 4.79 Å². The van der Waals surface area contributed by atoms with E-state index in [2.05, 4.69) is 5.32 Å². The molecule has 0 rings (SSSR count). The first kappa shape index (κ1) is 14.7. The first-order valence-corrected chi connectivity index (χ1v) is 5.96. The van der Waals surface area contributed by atoms with Crippen molar-refractivity contribution >= 4 is 17.7 Å². The molecule has 0 aromatic heterocycles. The molecule has 0 aliphatic heterocycles. The number of carbonyl (C=O) groups is 1. The SMILES string of the molecule is CCNC(C)(CSCC(O)CO)C(=O)O. The molecule has 0 spiro atoms. The average Bonchev–Trinajstić information content (AvgIpc) is 2.17. The van der Waals surface area contributed by atoms with E-state index in [-0.39, 0.29) is 6.61 Å². The minimum atomic E-state index is -0.978. The van der Waals surface area contributed by atoms with E-state index in [0.29, 0.717) is 18.1 Å². The zero-order valence-electron chi connectivity index (χ0n) is 9.06. The molecule has 0 saturated carbocycles. The van der Waals surface area contributed by atoms with Crippen LogP contribution in [-0.4, -0.2) is 57.6 Å². The molecule has 0 fully saturated rings. The summed E-state index contributed by atoms with van der Waals surface area (Å²) in [5.41, 5.74) is -0.978. The fourth-order valence-corrected chi connectivity index (χ4v) is 2.16. The van der Waals surface area contributed by atoms with Crippen LogP contribution in [0.2, 0.25) is 0 Å². The Kier molecular flexibility index (Phi) is 6.91. The maximum absolute atomic E-state index is 11.0. The number of aliphatic hydroxyl groups is 2. The molecule has 0 saturated heterocycles. The minimum absolute atomic E-state index is 0.294. The second kappa shape index (κ2) is 7.05. The number of hydrogen-bond acceptors (Lipinski definition) is 5. The summed E-state index contributed by atoms with van der Waals surface area (Å²) in [4.78, 5) is 11.0. The van der Waals surface area contributed by atoms with Crippen molar-refractivity contribution in [3.8, 4) is 0 Å². The maximum atomic E-state index is 11.0. The fraction of sp³-hybridized carbons (Fsp3) is 0.889. The zero-order chi connectivity index (χ0) is 11.9. The summed E-state index contributed by atoms with van der Waals surface area (Å²) >= 11 is 1.31. The van der Waals surface area contributed by atoms with Crippen molar-refractivity contribution in [2.45, 2.75) is 25.5 Å². The Morgan fingerprint density at radius 2 is 2.20 bits per heavy atom. The van der Waals surface area contributed by atoms with Crippen LogP contribution >= 0.6 is 11.8 Å². The van der Waals surface area contributed by atoms with Gasteiger partial charge in [0.1, 0.15) is 5.54 Å². The molecule has 0 radical (unpaired) electrons. The van der Waals surface area contributed by atoms with Crippen LogP contribution in [0.3, 0.4) is 0 Å². The molecule has 2 unspecified atom stereocenters. The number of likely N-dealkylation sites (N-methyl/N-ethyl adjacent to an activating group) is 1. The van der Waals surface area contributed by atoms with Gasteiger partial charge in [-0.05, 0) is 13.5 Å². The van der Waals surface area contributed by atoms with Gasteiger partial charge in [0.05, 0.1) is 12.7 Å². The third kappa shape index (κ3) is 5.36. The average molecular weight is 237 g/mol. The quantitative estimate of drug-likeness (QED) is 0.456. The largest absolute Gasteiger partial charge is 0.480 e. The lowest BCUT2D eigenvalue weighted by molar-refractivity contribution is -0.143. The predicted octanol–water partition coefficient (Wildman–Crippen LogP) is -0.474. The molecule has 0 aliphatic rings. The van der Waals surface area contributed by atoms with Gasteiger partial charge in [-0.25, -0.2) is 0 Å². The number of carboxylic acid groups (broad SMARTS) is 1. The first-order valence-electron chi connectivity index (χ1n) is 4.81. The van der Waals surface area contributed by atoms with E-state index in [9.17, 15) is 4.79 Å². The fourth-order valence-electron chi connectivity index (χ4n) is 1.03. The smallest absolute Gasteiger partial charge is 0.324 e. The number of hydrogen-bond donors (Lipinski definition) is 4. The molecular formula is C9H19NO4S. The van der Waals surface area contributed by atoms with Crippen LogP contribution in [0.1, 0.15) is 13.8 Å². The van der Waals surface area contributed by atoms with Crippen molar-refractivity contribution in [1.82, 2.24) is 5.32 Å². The molecule has 5 nitrogen and oxygen atoms in total. The van der Waals surface area contributed by atoms with Crippen molar-refractivity contribution in [3.63, 3.8) is 0 Å². The van der Waals surface area contributed by atoms with Gasteiger partial charge >= 0.3 is 5.97 Å². The molecule has 15 heavy (non-hydrogen) atoms. The van der Waals surface area contributed by atoms with E-state index in [1.807, 2.05) is 6.92 Å². The molecule has 2 atom stereocenters. The number of nitrogens with one attached hydrogen (secondary N) is 1. The number of aliphatic hydroxyl groups excluding tert-OH is 2. The number of aliphatic carboxylic acids is 1. The summed E-state index contributed by atoms with van der Waals surface area (Å²) in [5.74, 6) is -0.215.